The lowest BCUT2D eigenvalue weighted by Gasteiger charge is -2.25. The summed E-state index contributed by atoms with van der Waals surface area (Å²) in [5.41, 5.74) is 4.50. The summed E-state index contributed by atoms with van der Waals surface area (Å²) in [4.78, 5) is 3.74. The fraction of sp³-hybridized carbons (Fsp3) is 0.435. The van der Waals surface area contributed by atoms with Crippen molar-refractivity contribution in [1.82, 2.24) is 0 Å². The standard InChI is InChI=1S/C18H18N2S.C5H12/c1-13-6-5-8-16-12-20(11-14(2)21-18(13)16)17-9-4-3-7-15(17)10-19;1-3-5-4-2/h3-9,14H,11-12H2,1-2H3;3-5H2,1-2H3. The summed E-state index contributed by atoms with van der Waals surface area (Å²) in [6.07, 6.45) is 4.08. The van der Waals surface area contributed by atoms with Gasteiger partial charge in [-0.15, -0.1) is 11.8 Å². The highest BCUT2D eigenvalue weighted by molar-refractivity contribution is 8.00. The molecule has 2 aromatic rings. The molecular weight excluding hydrogens is 336 g/mol. The predicted octanol–water partition coefficient (Wildman–Crippen LogP) is 6.56. The van der Waals surface area contributed by atoms with Crippen LogP contribution in [0.15, 0.2) is 47.4 Å². The average Bonchev–Trinajstić information content (AvgIpc) is 2.82. The molecule has 0 aromatic heterocycles. The number of rotatable bonds is 3. The summed E-state index contributed by atoms with van der Waals surface area (Å²) < 4.78 is 0. The summed E-state index contributed by atoms with van der Waals surface area (Å²) in [7, 11) is 0. The zero-order chi connectivity index (χ0) is 18.9. The van der Waals surface area contributed by atoms with Crippen molar-refractivity contribution in [2.24, 2.45) is 0 Å². The molecule has 0 N–H and O–H groups in total. The number of fused-ring (bicyclic) bond motifs is 1. The fourth-order valence-corrected chi connectivity index (χ4v) is 4.40. The van der Waals surface area contributed by atoms with E-state index in [1.807, 2.05) is 30.0 Å². The molecule has 0 saturated carbocycles. The molecule has 0 fully saturated rings. The van der Waals surface area contributed by atoms with Gasteiger partial charge in [0, 0.05) is 23.2 Å². The highest BCUT2D eigenvalue weighted by atomic mass is 32.2. The van der Waals surface area contributed by atoms with Crippen molar-refractivity contribution in [3.05, 3.63) is 59.2 Å². The molecule has 1 heterocycles. The van der Waals surface area contributed by atoms with E-state index >= 15 is 0 Å². The van der Waals surface area contributed by atoms with Gasteiger partial charge in [0.2, 0.25) is 0 Å². The van der Waals surface area contributed by atoms with Crippen molar-refractivity contribution in [2.45, 2.75) is 63.6 Å². The van der Waals surface area contributed by atoms with Crippen molar-refractivity contribution in [3.63, 3.8) is 0 Å². The first-order valence-electron chi connectivity index (χ1n) is 9.59. The Morgan fingerprint density at radius 2 is 1.85 bits per heavy atom. The van der Waals surface area contributed by atoms with Gasteiger partial charge in [-0.1, -0.05) is 70.4 Å². The number of anilines is 1. The molecule has 0 amide bonds. The van der Waals surface area contributed by atoms with E-state index in [-0.39, 0.29) is 0 Å². The van der Waals surface area contributed by atoms with Crippen molar-refractivity contribution < 1.29 is 0 Å². The van der Waals surface area contributed by atoms with Crippen LogP contribution < -0.4 is 4.90 Å². The zero-order valence-corrected chi connectivity index (χ0v) is 17.3. The molecule has 26 heavy (non-hydrogen) atoms. The normalized spacial score (nSPS) is 16.0. The highest BCUT2D eigenvalue weighted by Gasteiger charge is 2.22. The van der Waals surface area contributed by atoms with Gasteiger partial charge in [-0.05, 0) is 30.2 Å². The quantitative estimate of drug-likeness (QED) is 0.615. The van der Waals surface area contributed by atoms with Gasteiger partial charge < -0.3 is 4.90 Å². The maximum absolute atomic E-state index is 9.34. The van der Waals surface area contributed by atoms with Crippen LogP contribution in [0, 0.1) is 18.3 Å². The molecule has 3 rings (SSSR count). The van der Waals surface area contributed by atoms with Gasteiger partial charge in [0.05, 0.1) is 11.3 Å². The van der Waals surface area contributed by atoms with Crippen LogP contribution >= 0.6 is 11.8 Å². The Labute approximate surface area is 163 Å². The molecule has 0 saturated heterocycles. The van der Waals surface area contributed by atoms with E-state index in [1.54, 1.807) is 0 Å². The monoisotopic (exact) mass is 366 g/mol. The van der Waals surface area contributed by atoms with Crippen LogP contribution in [-0.4, -0.2) is 11.8 Å². The number of unbranched alkanes of at least 4 members (excludes halogenated alkanes) is 2. The van der Waals surface area contributed by atoms with Crippen molar-refractivity contribution >= 4 is 17.4 Å². The minimum Gasteiger partial charge on any atom is -0.365 e. The summed E-state index contributed by atoms with van der Waals surface area (Å²) in [6.45, 7) is 10.7. The van der Waals surface area contributed by atoms with Crippen LogP contribution in [-0.2, 0) is 6.54 Å². The third kappa shape index (κ3) is 5.29. The summed E-state index contributed by atoms with van der Waals surface area (Å²) in [6, 6.07) is 16.7. The number of thioether (sulfide) groups is 1. The van der Waals surface area contributed by atoms with Gasteiger partial charge >= 0.3 is 0 Å². The Kier molecular flexibility index (Phi) is 8.06. The van der Waals surface area contributed by atoms with Crippen LogP contribution in [0.5, 0.6) is 0 Å². The number of para-hydroxylation sites is 1. The number of nitrogens with zero attached hydrogens (tertiary/aromatic N) is 2. The third-order valence-corrected chi connectivity index (χ3v) is 5.89. The van der Waals surface area contributed by atoms with Gasteiger partial charge in [0.1, 0.15) is 6.07 Å². The number of aryl methyl sites for hydroxylation is 1. The predicted molar refractivity (Wildman–Crippen MR) is 114 cm³/mol. The SMILES string of the molecule is CCCCC.Cc1cccc2c1SC(C)CN(c1ccccc1C#N)C2. The van der Waals surface area contributed by atoms with E-state index in [4.69, 9.17) is 0 Å². The Hall–Kier alpha value is -1.92. The molecule has 1 atom stereocenters. The molecule has 0 aliphatic carbocycles. The van der Waals surface area contributed by atoms with E-state index in [1.165, 1.54) is 35.3 Å². The van der Waals surface area contributed by atoms with Crippen LogP contribution in [0.1, 0.15) is 56.7 Å². The van der Waals surface area contributed by atoms with E-state index in [2.05, 4.69) is 62.9 Å². The first-order valence-corrected chi connectivity index (χ1v) is 10.5. The number of hydrogen-bond donors (Lipinski definition) is 0. The number of hydrogen-bond acceptors (Lipinski definition) is 3. The Morgan fingerprint density at radius 3 is 2.50 bits per heavy atom. The molecule has 2 nitrogen and oxygen atoms in total. The fourth-order valence-electron chi connectivity index (χ4n) is 3.21. The molecule has 0 bridgehead atoms. The molecular formula is C23H30N2S. The molecule has 1 aliphatic heterocycles. The summed E-state index contributed by atoms with van der Waals surface area (Å²) in [5, 5.41) is 9.84. The van der Waals surface area contributed by atoms with Crippen molar-refractivity contribution in [3.8, 4) is 6.07 Å². The van der Waals surface area contributed by atoms with E-state index in [0.717, 1.165) is 24.3 Å². The molecule has 2 aromatic carbocycles. The van der Waals surface area contributed by atoms with E-state index in [9.17, 15) is 5.26 Å². The van der Waals surface area contributed by atoms with Crippen LogP contribution in [0.3, 0.4) is 0 Å². The lowest BCUT2D eigenvalue weighted by molar-refractivity contribution is 0.772. The molecule has 138 valence electrons. The number of nitriles is 1. The van der Waals surface area contributed by atoms with Gasteiger partial charge in [-0.3, -0.25) is 0 Å². The lowest BCUT2D eigenvalue weighted by atomic mass is 10.1. The molecule has 3 heteroatoms. The van der Waals surface area contributed by atoms with Crippen molar-refractivity contribution in [2.75, 3.05) is 11.4 Å². The summed E-state index contributed by atoms with van der Waals surface area (Å²) >= 11 is 1.95. The van der Waals surface area contributed by atoms with Gasteiger partial charge in [0.15, 0.2) is 0 Å². The van der Waals surface area contributed by atoms with Crippen LogP contribution in [0.2, 0.25) is 0 Å². The second-order valence-corrected chi connectivity index (χ2v) is 8.30. The molecule has 1 unspecified atom stereocenters. The molecule has 0 spiro atoms. The van der Waals surface area contributed by atoms with E-state index in [0.29, 0.717) is 5.25 Å². The Balaban J connectivity index is 0.000000431. The minimum absolute atomic E-state index is 0.499. The smallest absolute Gasteiger partial charge is 0.101 e. The average molecular weight is 367 g/mol. The van der Waals surface area contributed by atoms with Crippen LogP contribution in [0.25, 0.3) is 0 Å². The van der Waals surface area contributed by atoms with Crippen molar-refractivity contribution in [1.29, 1.82) is 5.26 Å². The maximum Gasteiger partial charge on any atom is 0.101 e. The Morgan fingerprint density at radius 1 is 1.12 bits per heavy atom. The van der Waals surface area contributed by atoms with Gasteiger partial charge in [0.25, 0.3) is 0 Å². The van der Waals surface area contributed by atoms with Crippen LogP contribution in [0.4, 0.5) is 5.69 Å². The number of benzene rings is 2. The first-order chi connectivity index (χ1) is 12.6. The molecule has 0 radical (unpaired) electrons. The minimum atomic E-state index is 0.499. The summed E-state index contributed by atoms with van der Waals surface area (Å²) in [5.74, 6) is 0. The van der Waals surface area contributed by atoms with Gasteiger partial charge in [-0.2, -0.15) is 5.26 Å². The second-order valence-electron chi connectivity index (χ2n) is 6.85. The second kappa shape index (κ2) is 10.3. The third-order valence-electron chi connectivity index (χ3n) is 4.52. The Bertz CT molecular complexity index is 746. The lowest BCUT2D eigenvalue weighted by Crippen LogP contribution is -2.28. The maximum atomic E-state index is 9.34. The van der Waals surface area contributed by atoms with Gasteiger partial charge in [-0.25, -0.2) is 0 Å². The topological polar surface area (TPSA) is 27.0 Å². The molecule has 1 aliphatic rings. The largest absolute Gasteiger partial charge is 0.365 e. The first kappa shape index (κ1) is 20.4. The van der Waals surface area contributed by atoms with E-state index < -0.39 is 0 Å². The highest BCUT2D eigenvalue weighted by Crippen LogP contribution is 2.36. The zero-order valence-electron chi connectivity index (χ0n) is 16.5.